The Morgan fingerprint density at radius 2 is 1.43 bits per heavy atom. The smallest absolute Gasteiger partial charge is 0.166 e. The van der Waals surface area contributed by atoms with E-state index >= 15 is 0 Å². The van der Waals surface area contributed by atoms with E-state index in [1.165, 1.54) is 42.5 Å². The van der Waals surface area contributed by atoms with Crippen molar-refractivity contribution in [3.05, 3.63) is 125 Å². The third-order valence-electron chi connectivity index (χ3n) is 4.93. The van der Waals surface area contributed by atoms with Crippen LogP contribution in [0.1, 0.15) is 22.3 Å². The Hall–Kier alpha value is -4.55. The molecule has 0 aliphatic carbocycles. The molecule has 0 heterocycles. The Labute approximate surface area is 198 Å². The highest BCUT2D eigenvalue weighted by Crippen LogP contribution is 2.22. The molecule has 172 valence electrons. The summed E-state index contributed by atoms with van der Waals surface area (Å²) in [5.74, 6) is 5.96. The van der Waals surface area contributed by atoms with Crippen LogP contribution in [0.2, 0.25) is 0 Å². The minimum Gasteiger partial charge on any atom is -0.489 e. The molecular formula is C29H15F5O. The first-order valence-corrected chi connectivity index (χ1v) is 10.3. The van der Waals surface area contributed by atoms with E-state index in [4.69, 9.17) is 4.74 Å². The second-order valence-corrected chi connectivity index (χ2v) is 7.35. The Morgan fingerprint density at radius 1 is 0.686 bits per heavy atom. The van der Waals surface area contributed by atoms with Gasteiger partial charge in [-0.2, -0.15) is 0 Å². The number of rotatable bonds is 3. The molecule has 0 fully saturated rings. The van der Waals surface area contributed by atoms with Gasteiger partial charge in [0.1, 0.15) is 29.8 Å². The lowest BCUT2D eigenvalue weighted by molar-refractivity contribution is 0.361. The molecule has 0 aliphatic rings. The highest BCUT2D eigenvalue weighted by Gasteiger charge is 2.10. The monoisotopic (exact) mass is 474 g/mol. The number of ether oxygens (including phenoxy) is 1. The minimum absolute atomic E-state index is 0.000130. The van der Waals surface area contributed by atoms with E-state index in [0.717, 1.165) is 24.3 Å². The molecule has 0 amide bonds. The van der Waals surface area contributed by atoms with E-state index < -0.39 is 34.6 Å². The molecule has 35 heavy (non-hydrogen) atoms. The van der Waals surface area contributed by atoms with Crippen LogP contribution < -0.4 is 4.74 Å². The van der Waals surface area contributed by atoms with Gasteiger partial charge in [0, 0.05) is 22.6 Å². The van der Waals surface area contributed by atoms with Gasteiger partial charge in [0.15, 0.2) is 11.6 Å². The topological polar surface area (TPSA) is 9.23 Å². The summed E-state index contributed by atoms with van der Waals surface area (Å²) in [6.07, 6.45) is 1.52. The van der Waals surface area contributed by atoms with Gasteiger partial charge in [0.2, 0.25) is 0 Å². The number of fused-ring (bicyclic) bond motifs is 1. The van der Waals surface area contributed by atoms with Gasteiger partial charge in [-0.3, -0.25) is 0 Å². The van der Waals surface area contributed by atoms with Crippen molar-refractivity contribution in [3.8, 4) is 29.4 Å². The SMILES string of the molecule is C=CCOc1ccc(C#Cc2cc(F)c(C#Cc3ccc4c(F)c(F)ccc4c3)c(F)c2)c(F)c1. The molecule has 0 unspecified atom stereocenters. The number of halogens is 5. The van der Waals surface area contributed by atoms with E-state index in [1.54, 1.807) is 0 Å². The van der Waals surface area contributed by atoms with Gasteiger partial charge in [-0.05, 0) is 47.9 Å². The lowest BCUT2D eigenvalue weighted by Crippen LogP contribution is -1.94. The number of hydrogen-bond donors (Lipinski definition) is 0. The fourth-order valence-electron chi connectivity index (χ4n) is 3.22. The summed E-state index contributed by atoms with van der Waals surface area (Å²) < 4.78 is 75.7. The van der Waals surface area contributed by atoms with Crippen molar-refractivity contribution >= 4 is 10.8 Å². The van der Waals surface area contributed by atoms with Crippen LogP contribution in [0.15, 0.2) is 73.3 Å². The average Bonchev–Trinajstić information content (AvgIpc) is 2.84. The molecule has 4 aromatic carbocycles. The Morgan fingerprint density at radius 3 is 2.14 bits per heavy atom. The summed E-state index contributed by atoms with van der Waals surface area (Å²) in [5, 5.41) is 0.473. The molecule has 0 atom stereocenters. The summed E-state index contributed by atoms with van der Waals surface area (Å²) in [5.41, 5.74) is -0.0774. The van der Waals surface area contributed by atoms with Crippen molar-refractivity contribution < 1.29 is 26.7 Å². The van der Waals surface area contributed by atoms with Crippen molar-refractivity contribution in [2.75, 3.05) is 6.61 Å². The third-order valence-corrected chi connectivity index (χ3v) is 4.93. The van der Waals surface area contributed by atoms with Gasteiger partial charge in [0.05, 0.1) is 11.1 Å². The Balaban J connectivity index is 1.58. The maximum atomic E-state index is 14.5. The number of hydrogen-bond acceptors (Lipinski definition) is 1. The fraction of sp³-hybridized carbons (Fsp3) is 0.0345. The van der Waals surface area contributed by atoms with Crippen LogP contribution in [0.5, 0.6) is 5.75 Å². The van der Waals surface area contributed by atoms with Crippen LogP contribution in [-0.4, -0.2) is 6.61 Å². The molecule has 6 heteroatoms. The molecule has 0 N–H and O–H groups in total. The molecule has 0 saturated heterocycles. The molecule has 0 radical (unpaired) electrons. The zero-order valence-electron chi connectivity index (χ0n) is 18.1. The maximum absolute atomic E-state index is 14.5. The summed E-state index contributed by atoms with van der Waals surface area (Å²) in [6.45, 7) is 3.73. The molecule has 0 aliphatic heterocycles. The van der Waals surface area contributed by atoms with E-state index in [9.17, 15) is 22.0 Å². The molecule has 4 rings (SSSR count). The van der Waals surface area contributed by atoms with Crippen LogP contribution in [0.3, 0.4) is 0 Å². The first kappa shape index (κ1) is 23.6. The van der Waals surface area contributed by atoms with Crippen LogP contribution in [0.4, 0.5) is 22.0 Å². The van der Waals surface area contributed by atoms with Crippen LogP contribution in [0.25, 0.3) is 10.8 Å². The predicted octanol–water partition coefficient (Wildman–Crippen LogP) is 6.90. The van der Waals surface area contributed by atoms with E-state index in [-0.39, 0.29) is 23.1 Å². The van der Waals surface area contributed by atoms with Crippen molar-refractivity contribution in [3.63, 3.8) is 0 Å². The highest BCUT2D eigenvalue weighted by atomic mass is 19.2. The third kappa shape index (κ3) is 5.34. The second kappa shape index (κ2) is 10.2. The van der Waals surface area contributed by atoms with Crippen molar-refractivity contribution in [2.45, 2.75) is 0 Å². The van der Waals surface area contributed by atoms with Crippen molar-refractivity contribution in [2.24, 2.45) is 0 Å². The molecular weight excluding hydrogens is 459 g/mol. The zero-order chi connectivity index (χ0) is 24.9. The van der Waals surface area contributed by atoms with Gasteiger partial charge in [-0.25, -0.2) is 22.0 Å². The Kier molecular flexibility index (Phi) is 6.85. The van der Waals surface area contributed by atoms with Gasteiger partial charge in [0.25, 0.3) is 0 Å². The van der Waals surface area contributed by atoms with Gasteiger partial charge >= 0.3 is 0 Å². The molecule has 4 aromatic rings. The van der Waals surface area contributed by atoms with Crippen LogP contribution >= 0.6 is 0 Å². The molecule has 0 spiro atoms. The summed E-state index contributed by atoms with van der Waals surface area (Å²) in [4.78, 5) is 0. The lowest BCUT2D eigenvalue weighted by Gasteiger charge is -2.03. The van der Waals surface area contributed by atoms with Crippen molar-refractivity contribution in [1.82, 2.24) is 0 Å². The minimum atomic E-state index is -0.979. The first-order valence-electron chi connectivity index (χ1n) is 10.3. The van der Waals surface area contributed by atoms with E-state index in [0.29, 0.717) is 16.7 Å². The molecule has 0 bridgehead atoms. The van der Waals surface area contributed by atoms with Gasteiger partial charge < -0.3 is 4.74 Å². The van der Waals surface area contributed by atoms with Crippen molar-refractivity contribution in [1.29, 1.82) is 0 Å². The maximum Gasteiger partial charge on any atom is 0.166 e. The second-order valence-electron chi connectivity index (χ2n) is 7.35. The summed E-state index contributed by atoms with van der Waals surface area (Å²) >= 11 is 0. The molecule has 0 aromatic heterocycles. The van der Waals surface area contributed by atoms with Gasteiger partial charge in [-0.1, -0.05) is 48.5 Å². The lowest BCUT2D eigenvalue weighted by atomic mass is 10.1. The fourth-order valence-corrected chi connectivity index (χ4v) is 3.22. The average molecular weight is 474 g/mol. The van der Waals surface area contributed by atoms with Crippen LogP contribution in [0, 0.1) is 52.8 Å². The quantitative estimate of drug-likeness (QED) is 0.178. The van der Waals surface area contributed by atoms with E-state index in [2.05, 4.69) is 30.3 Å². The van der Waals surface area contributed by atoms with Crippen LogP contribution in [-0.2, 0) is 0 Å². The summed E-state index contributed by atoms with van der Waals surface area (Å²) in [6, 6.07) is 12.7. The molecule has 0 saturated carbocycles. The zero-order valence-corrected chi connectivity index (χ0v) is 18.1. The predicted molar refractivity (Wildman–Crippen MR) is 124 cm³/mol. The highest BCUT2D eigenvalue weighted by molar-refractivity contribution is 5.84. The summed E-state index contributed by atoms with van der Waals surface area (Å²) in [7, 11) is 0. The standard InChI is InChI=1S/C29H15F5O/c1-2-13-35-22-9-7-20(26(31)17-22)6-3-19-15-27(32)24(28(33)16-19)11-5-18-4-10-23-21(14-18)8-12-25(30)29(23)34/h2,4,7-10,12,14-17H,1,13H2. The largest absolute Gasteiger partial charge is 0.489 e. The first-order chi connectivity index (χ1) is 16.9. The number of benzene rings is 4. The molecule has 1 nitrogen and oxygen atoms in total. The van der Waals surface area contributed by atoms with E-state index in [1.807, 2.05) is 0 Å². The normalized spacial score (nSPS) is 10.2. The van der Waals surface area contributed by atoms with Gasteiger partial charge in [-0.15, -0.1) is 0 Å². The Bertz CT molecular complexity index is 1560.